The molecule has 2 aromatic carbocycles. The molecule has 1 unspecified atom stereocenters. The summed E-state index contributed by atoms with van der Waals surface area (Å²) in [6.45, 7) is 2.13. The van der Waals surface area contributed by atoms with Crippen LogP contribution in [-0.4, -0.2) is 55.7 Å². The average Bonchev–Trinajstić information content (AvgIpc) is 3.44. The van der Waals surface area contributed by atoms with E-state index in [1.807, 2.05) is 54.6 Å². The van der Waals surface area contributed by atoms with Gasteiger partial charge in [0.2, 0.25) is 6.04 Å². The number of halogens is 1. The van der Waals surface area contributed by atoms with Crippen molar-refractivity contribution >= 4 is 6.09 Å². The van der Waals surface area contributed by atoms with E-state index >= 15 is 0 Å². The van der Waals surface area contributed by atoms with E-state index in [9.17, 15) is 4.79 Å². The number of quaternary nitrogens is 1. The fourth-order valence-corrected chi connectivity index (χ4v) is 4.92. The van der Waals surface area contributed by atoms with Crippen molar-refractivity contribution in [3.63, 3.8) is 0 Å². The average molecular weight is 459 g/mol. The SMILES string of the molecule is COC[C@@H]1CCCN1[N+]1(C(=O)OCc2ccccc2)CC=C(OC)[C@@H]1c1ccccc1.[Cl-]. The van der Waals surface area contributed by atoms with Gasteiger partial charge in [0.05, 0.1) is 19.8 Å². The van der Waals surface area contributed by atoms with Crippen LogP contribution in [0.3, 0.4) is 0 Å². The predicted molar refractivity (Wildman–Crippen MR) is 118 cm³/mol. The van der Waals surface area contributed by atoms with E-state index in [-0.39, 0.29) is 41.8 Å². The first-order valence-corrected chi connectivity index (χ1v) is 10.8. The Morgan fingerprint density at radius 1 is 1.06 bits per heavy atom. The Morgan fingerprint density at radius 2 is 1.75 bits per heavy atom. The number of hydrogen-bond acceptors (Lipinski definition) is 5. The van der Waals surface area contributed by atoms with Crippen molar-refractivity contribution in [1.29, 1.82) is 0 Å². The van der Waals surface area contributed by atoms with E-state index in [1.165, 1.54) is 0 Å². The van der Waals surface area contributed by atoms with Gasteiger partial charge in [0.15, 0.2) is 5.76 Å². The summed E-state index contributed by atoms with van der Waals surface area (Å²) in [5.41, 5.74) is 2.01. The molecule has 7 heteroatoms. The zero-order chi connectivity index (χ0) is 21.7. The van der Waals surface area contributed by atoms with Crippen molar-refractivity contribution < 1.29 is 36.0 Å². The summed E-state index contributed by atoms with van der Waals surface area (Å²) in [7, 11) is 3.39. The quantitative estimate of drug-likeness (QED) is 0.588. The van der Waals surface area contributed by atoms with Crippen LogP contribution in [0.2, 0.25) is 0 Å². The van der Waals surface area contributed by atoms with Crippen LogP contribution in [0.1, 0.15) is 30.0 Å². The zero-order valence-corrected chi connectivity index (χ0v) is 19.4. The highest BCUT2D eigenvalue weighted by atomic mass is 35.5. The van der Waals surface area contributed by atoms with Gasteiger partial charge in [-0.15, -0.1) is 9.60 Å². The lowest BCUT2D eigenvalue weighted by molar-refractivity contribution is -0.987. The molecule has 4 rings (SSSR count). The second-order valence-electron chi connectivity index (χ2n) is 8.09. The van der Waals surface area contributed by atoms with Crippen LogP contribution in [-0.2, 0) is 20.8 Å². The minimum atomic E-state index is -0.285. The lowest BCUT2D eigenvalue weighted by Crippen LogP contribution is -3.00. The smallest absolute Gasteiger partial charge is 0.537 e. The third kappa shape index (κ3) is 4.55. The molecule has 1 fully saturated rings. The molecule has 0 aromatic heterocycles. The molecule has 2 aromatic rings. The molecule has 2 aliphatic heterocycles. The first kappa shape index (κ1) is 24.3. The third-order valence-corrected chi connectivity index (χ3v) is 6.30. The highest BCUT2D eigenvalue weighted by Crippen LogP contribution is 2.45. The van der Waals surface area contributed by atoms with E-state index in [2.05, 4.69) is 17.1 Å². The number of carbonyl (C=O) groups excluding carboxylic acids is 1. The number of carbonyl (C=O) groups is 1. The van der Waals surface area contributed by atoms with E-state index < -0.39 is 0 Å². The summed E-state index contributed by atoms with van der Waals surface area (Å²) in [4.78, 5) is 13.9. The maximum absolute atomic E-state index is 13.9. The van der Waals surface area contributed by atoms with Crippen LogP contribution < -0.4 is 12.4 Å². The van der Waals surface area contributed by atoms with Crippen molar-refractivity contribution in [2.24, 2.45) is 0 Å². The summed E-state index contributed by atoms with van der Waals surface area (Å²) in [5, 5.41) is 2.26. The van der Waals surface area contributed by atoms with Crippen LogP contribution in [0.25, 0.3) is 0 Å². The summed E-state index contributed by atoms with van der Waals surface area (Å²) >= 11 is 0. The minimum absolute atomic E-state index is 0. The summed E-state index contributed by atoms with van der Waals surface area (Å²) in [5.74, 6) is 0.797. The highest BCUT2D eigenvalue weighted by Gasteiger charge is 2.60. The molecule has 0 saturated carbocycles. The lowest BCUT2D eigenvalue weighted by Gasteiger charge is -2.44. The van der Waals surface area contributed by atoms with Gasteiger partial charge in [-0.3, -0.25) is 0 Å². The molecule has 172 valence electrons. The van der Waals surface area contributed by atoms with Crippen molar-refractivity contribution in [3.8, 4) is 0 Å². The molecular formula is C25H31ClN2O4. The number of hydrogen-bond donors (Lipinski definition) is 0. The molecule has 6 nitrogen and oxygen atoms in total. The summed E-state index contributed by atoms with van der Waals surface area (Å²) in [6, 6.07) is 19.8. The first-order chi connectivity index (χ1) is 15.2. The zero-order valence-electron chi connectivity index (χ0n) is 18.7. The maximum Gasteiger partial charge on any atom is 0.537 e. The van der Waals surface area contributed by atoms with Gasteiger partial charge in [0.25, 0.3) is 0 Å². The third-order valence-electron chi connectivity index (χ3n) is 6.30. The Balaban J connectivity index is 0.00000289. The van der Waals surface area contributed by atoms with Crippen molar-refractivity contribution in [2.75, 3.05) is 33.9 Å². The second kappa shape index (κ2) is 11.0. The van der Waals surface area contributed by atoms with E-state index in [0.717, 1.165) is 36.3 Å². The molecule has 32 heavy (non-hydrogen) atoms. The molecular weight excluding hydrogens is 428 g/mol. The molecule has 0 radical (unpaired) electrons. The largest absolute Gasteiger partial charge is 1.00 e. The monoisotopic (exact) mass is 458 g/mol. The molecule has 1 amide bonds. The number of rotatable bonds is 7. The molecule has 0 aliphatic carbocycles. The molecule has 2 aliphatic rings. The highest BCUT2D eigenvalue weighted by molar-refractivity contribution is 5.61. The Hall–Kier alpha value is -2.38. The van der Waals surface area contributed by atoms with Gasteiger partial charge in [-0.25, -0.2) is 0 Å². The molecule has 0 N–H and O–H groups in total. The Labute approximate surface area is 196 Å². The number of methoxy groups -OCH3 is 2. The number of ether oxygens (including phenoxy) is 3. The Bertz CT molecular complexity index is 909. The van der Waals surface area contributed by atoms with Crippen LogP contribution in [0.5, 0.6) is 0 Å². The van der Waals surface area contributed by atoms with Crippen molar-refractivity contribution in [3.05, 3.63) is 83.6 Å². The van der Waals surface area contributed by atoms with Gasteiger partial charge in [-0.05, 0) is 18.4 Å². The number of nitrogens with zero attached hydrogens (tertiary/aromatic N) is 2. The van der Waals surface area contributed by atoms with E-state index in [0.29, 0.717) is 13.2 Å². The fourth-order valence-electron chi connectivity index (χ4n) is 4.92. The second-order valence-corrected chi connectivity index (χ2v) is 8.09. The predicted octanol–water partition coefficient (Wildman–Crippen LogP) is 1.46. The Morgan fingerprint density at radius 3 is 2.41 bits per heavy atom. The normalized spacial score (nSPS) is 25.1. The van der Waals surface area contributed by atoms with E-state index in [4.69, 9.17) is 14.2 Å². The molecule has 1 saturated heterocycles. The van der Waals surface area contributed by atoms with Gasteiger partial charge in [0, 0.05) is 25.3 Å². The fraction of sp³-hybridized carbons (Fsp3) is 0.400. The van der Waals surface area contributed by atoms with Crippen molar-refractivity contribution in [1.82, 2.24) is 5.01 Å². The van der Waals surface area contributed by atoms with Crippen molar-refractivity contribution in [2.45, 2.75) is 31.5 Å². The molecule has 0 bridgehead atoms. The Kier molecular flexibility index (Phi) is 8.32. The molecule has 0 spiro atoms. The van der Waals surface area contributed by atoms with Crippen LogP contribution in [0, 0.1) is 0 Å². The standard InChI is InChI=1S/C25H31N2O4.ClH/c1-29-19-22-14-9-16-26(22)27(25(28)31-18-20-10-5-3-6-11-20)17-15-23(30-2)24(27)21-12-7-4-8-13-21;/h3-8,10-13,15,22,24H,9,14,16-19H2,1-2H3;1H/q+1;/p-1/t22-,24-,27?;/m0./s1. The van der Waals surface area contributed by atoms with Gasteiger partial charge < -0.3 is 26.6 Å². The van der Waals surface area contributed by atoms with Crippen LogP contribution in [0.4, 0.5) is 4.79 Å². The van der Waals surface area contributed by atoms with Gasteiger partial charge in [0.1, 0.15) is 13.2 Å². The molecule has 3 atom stereocenters. The van der Waals surface area contributed by atoms with Crippen LogP contribution >= 0.6 is 0 Å². The van der Waals surface area contributed by atoms with E-state index in [1.54, 1.807) is 14.2 Å². The first-order valence-electron chi connectivity index (χ1n) is 10.8. The number of benzene rings is 2. The molecule has 2 heterocycles. The lowest BCUT2D eigenvalue weighted by atomic mass is 10.0. The van der Waals surface area contributed by atoms with Gasteiger partial charge in [-0.2, -0.15) is 4.79 Å². The summed E-state index contributed by atoms with van der Waals surface area (Å²) < 4.78 is 17.3. The van der Waals surface area contributed by atoms with Gasteiger partial charge in [-0.1, -0.05) is 60.7 Å². The topological polar surface area (TPSA) is 48.0 Å². The summed E-state index contributed by atoms with van der Waals surface area (Å²) in [6.07, 6.45) is 3.78. The van der Waals surface area contributed by atoms with Gasteiger partial charge >= 0.3 is 6.09 Å². The van der Waals surface area contributed by atoms with Crippen LogP contribution in [0.15, 0.2) is 72.5 Å². The minimum Gasteiger partial charge on any atom is -1.00 e. The maximum atomic E-state index is 13.9. The number of amides is 1.